The Morgan fingerprint density at radius 1 is 1.37 bits per heavy atom. The number of anilines is 1. The maximum absolute atomic E-state index is 13.1. The van der Waals surface area contributed by atoms with Crippen LogP contribution in [-0.4, -0.2) is 31.4 Å². The van der Waals surface area contributed by atoms with E-state index >= 15 is 0 Å². The number of hydrogen-bond donors (Lipinski definition) is 1. The van der Waals surface area contributed by atoms with Gasteiger partial charge in [-0.25, -0.2) is 9.37 Å². The van der Waals surface area contributed by atoms with Crippen LogP contribution in [0.1, 0.15) is 18.9 Å². The number of rotatable bonds is 9. The second-order valence-electron chi connectivity index (χ2n) is 6.13. The minimum Gasteiger partial charge on any atom is -0.483 e. The first kappa shape index (κ1) is 21.8. The molecule has 0 fully saturated rings. The summed E-state index contributed by atoms with van der Waals surface area (Å²) >= 11 is 7.19. The zero-order chi connectivity index (χ0) is 21.5. The van der Waals surface area contributed by atoms with Gasteiger partial charge in [0.2, 0.25) is 5.91 Å². The van der Waals surface area contributed by atoms with Gasteiger partial charge in [0.1, 0.15) is 11.6 Å². The van der Waals surface area contributed by atoms with Crippen molar-refractivity contribution >= 4 is 35.0 Å². The first-order chi connectivity index (χ1) is 14.5. The average molecular weight is 448 g/mol. The molecule has 0 aliphatic heterocycles. The van der Waals surface area contributed by atoms with Crippen LogP contribution in [0.4, 0.5) is 10.1 Å². The second-order valence-corrected chi connectivity index (χ2v) is 7.43. The molecule has 7 nitrogen and oxygen atoms in total. The minimum atomic E-state index is -0.444. The molecule has 0 aliphatic rings. The molecular formula is C20H19ClFN5O2S. The van der Waals surface area contributed by atoms with Crippen molar-refractivity contribution in [2.75, 3.05) is 11.1 Å². The smallest absolute Gasteiger partial charge is 0.234 e. The van der Waals surface area contributed by atoms with Crippen LogP contribution in [0.2, 0.25) is 5.15 Å². The number of thioether (sulfide) groups is 1. The maximum Gasteiger partial charge on any atom is 0.234 e. The Morgan fingerprint density at radius 3 is 2.83 bits per heavy atom. The quantitative estimate of drug-likeness (QED) is 0.295. The van der Waals surface area contributed by atoms with Crippen LogP contribution in [0.25, 0.3) is 0 Å². The Balaban J connectivity index is 1.67. The number of aromatic nitrogens is 4. The molecule has 1 atom stereocenters. The molecule has 0 saturated carbocycles. The van der Waals surface area contributed by atoms with E-state index in [9.17, 15) is 9.18 Å². The molecule has 0 spiro atoms. The van der Waals surface area contributed by atoms with Gasteiger partial charge in [0.15, 0.2) is 22.2 Å². The third-order valence-electron chi connectivity index (χ3n) is 3.91. The van der Waals surface area contributed by atoms with Gasteiger partial charge in [0.05, 0.1) is 11.4 Å². The number of ether oxygens (including phenoxy) is 1. The standard InChI is InChI=1S/C20H19ClFN5O2S/c1-3-11-27-19(13(2)29-15-8-6-14(22)7-9-15)25-26-20(27)30-12-17(28)24-16-5-4-10-23-18(16)21/h3-10,13H,1,11-12H2,2H3,(H,24,28). The van der Waals surface area contributed by atoms with Gasteiger partial charge in [-0.3, -0.25) is 9.36 Å². The van der Waals surface area contributed by atoms with Gasteiger partial charge < -0.3 is 10.1 Å². The highest BCUT2D eigenvalue weighted by atomic mass is 35.5. The molecule has 0 saturated heterocycles. The zero-order valence-corrected chi connectivity index (χ0v) is 17.7. The molecule has 1 amide bonds. The highest BCUT2D eigenvalue weighted by molar-refractivity contribution is 7.99. The van der Waals surface area contributed by atoms with Gasteiger partial charge >= 0.3 is 0 Å². The lowest BCUT2D eigenvalue weighted by atomic mass is 10.3. The van der Waals surface area contributed by atoms with Crippen LogP contribution in [0.5, 0.6) is 5.75 Å². The van der Waals surface area contributed by atoms with Crippen LogP contribution in [0.15, 0.2) is 60.4 Å². The van der Waals surface area contributed by atoms with Crippen molar-refractivity contribution < 1.29 is 13.9 Å². The van der Waals surface area contributed by atoms with E-state index in [1.54, 1.807) is 36.5 Å². The van der Waals surface area contributed by atoms with Crippen LogP contribution in [0, 0.1) is 5.82 Å². The van der Waals surface area contributed by atoms with E-state index < -0.39 is 6.10 Å². The second kappa shape index (κ2) is 10.2. The molecule has 1 unspecified atom stereocenters. The van der Waals surface area contributed by atoms with E-state index in [1.807, 2.05) is 11.5 Å². The Bertz CT molecular complexity index is 1030. The lowest BCUT2D eigenvalue weighted by Gasteiger charge is -2.15. The van der Waals surface area contributed by atoms with Crippen molar-refractivity contribution in [3.63, 3.8) is 0 Å². The molecule has 3 rings (SSSR count). The molecular weight excluding hydrogens is 429 g/mol. The molecule has 1 N–H and O–H groups in total. The summed E-state index contributed by atoms with van der Waals surface area (Å²) < 4.78 is 20.7. The third-order valence-corrected chi connectivity index (χ3v) is 5.18. The summed E-state index contributed by atoms with van der Waals surface area (Å²) in [6.07, 6.45) is 2.80. The fourth-order valence-electron chi connectivity index (χ4n) is 2.57. The zero-order valence-electron chi connectivity index (χ0n) is 16.1. The van der Waals surface area contributed by atoms with Crippen LogP contribution in [0.3, 0.4) is 0 Å². The number of benzene rings is 1. The van der Waals surface area contributed by atoms with Crippen molar-refractivity contribution in [2.45, 2.75) is 24.7 Å². The molecule has 0 radical (unpaired) electrons. The Kier molecular flexibility index (Phi) is 7.42. The topological polar surface area (TPSA) is 81.9 Å². The average Bonchev–Trinajstić information content (AvgIpc) is 3.13. The first-order valence-electron chi connectivity index (χ1n) is 8.97. The number of nitrogens with one attached hydrogen (secondary N) is 1. The predicted octanol–water partition coefficient (Wildman–Crippen LogP) is 4.52. The van der Waals surface area contributed by atoms with E-state index in [2.05, 4.69) is 27.1 Å². The van der Waals surface area contributed by atoms with E-state index in [1.165, 1.54) is 23.9 Å². The SMILES string of the molecule is C=CCn1c(SCC(=O)Nc2cccnc2Cl)nnc1C(C)Oc1ccc(F)cc1. The predicted molar refractivity (Wildman–Crippen MR) is 114 cm³/mol. The third kappa shape index (κ3) is 5.58. The summed E-state index contributed by atoms with van der Waals surface area (Å²) in [5, 5.41) is 11.9. The lowest BCUT2D eigenvalue weighted by Crippen LogP contribution is -2.16. The van der Waals surface area contributed by atoms with Gasteiger partial charge in [0.25, 0.3) is 0 Å². The van der Waals surface area contributed by atoms with Gasteiger partial charge in [-0.05, 0) is 43.3 Å². The van der Waals surface area contributed by atoms with Crippen molar-refractivity contribution in [1.82, 2.24) is 19.7 Å². The summed E-state index contributed by atoms with van der Waals surface area (Å²) in [7, 11) is 0. The molecule has 2 heterocycles. The van der Waals surface area contributed by atoms with E-state index in [4.69, 9.17) is 16.3 Å². The van der Waals surface area contributed by atoms with Crippen molar-refractivity contribution in [2.24, 2.45) is 0 Å². The van der Waals surface area contributed by atoms with Crippen molar-refractivity contribution in [1.29, 1.82) is 0 Å². The Hall–Kier alpha value is -2.91. The molecule has 3 aromatic rings. The van der Waals surface area contributed by atoms with E-state index in [0.717, 1.165) is 0 Å². The highest BCUT2D eigenvalue weighted by Crippen LogP contribution is 2.25. The number of hydrogen-bond acceptors (Lipinski definition) is 6. The Morgan fingerprint density at radius 2 is 2.13 bits per heavy atom. The van der Waals surface area contributed by atoms with Crippen LogP contribution >= 0.6 is 23.4 Å². The number of pyridine rings is 1. The van der Waals surface area contributed by atoms with Crippen molar-refractivity contribution in [3.8, 4) is 5.75 Å². The van der Waals surface area contributed by atoms with Gasteiger partial charge in [0, 0.05) is 12.7 Å². The van der Waals surface area contributed by atoms with Gasteiger partial charge in [-0.1, -0.05) is 29.4 Å². The molecule has 10 heteroatoms. The fourth-order valence-corrected chi connectivity index (χ4v) is 3.50. The summed E-state index contributed by atoms with van der Waals surface area (Å²) in [5.74, 6) is 0.597. The summed E-state index contributed by atoms with van der Waals surface area (Å²) in [6, 6.07) is 9.10. The monoisotopic (exact) mass is 447 g/mol. The fraction of sp³-hybridized carbons (Fsp3) is 0.200. The summed E-state index contributed by atoms with van der Waals surface area (Å²) in [5.41, 5.74) is 0.444. The van der Waals surface area contributed by atoms with Gasteiger partial charge in [-0.2, -0.15) is 0 Å². The highest BCUT2D eigenvalue weighted by Gasteiger charge is 2.20. The lowest BCUT2D eigenvalue weighted by molar-refractivity contribution is -0.113. The van der Waals surface area contributed by atoms with E-state index in [0.29, 0.717) is 29.0 Å². The first-order valence-corrected chi connectivity index (χ1v) is 10.3. The normalized spacial score (nSPS) is 11.7. The van der Waals surface area contributed by atoms with Crippen molar-refractivity contribution in [3.05, 3.63) is 72.0 Å². The molecule has 30 heavy (non-hydrogen) atoms. The summed E-state index contributed by atoms with van der Waals surface area (Å²) in [6.45, 7) is 6.02. The number of allylic oxidation sites excluding steroid dienone is 1. The summed E-state index contributed by atoms with van der Waals surface area (Å²) in [4.78, 5) is 16.2. The molecule has 1 aromatic carbocycles. The largest absolute Gasteiger partial charge is 0.483 e. The van der Waals surface area contributed by atoms with E-state index in [-0.39, 0.29) is 22.6 Å². The number of carbonyl (C=O) groups excluding carboxylic acids is 1. The van der Waals surface area contributed by atoms with Crippen LogP contribution in [-0.2, 0) is 11.3 Å². The molecule has 2 aromatic heterocycles. The maximum atomic E-state index is 13.1. The van der Waals surface area contributed by atoms with Gasteiger partial charge in [-0.15, -0.1) is 16.8 Å². The minimum absolute atomic E-state index is 0.105. The number of amides is 1. The molecule has 0 bridgehead atoms. The molecule has 156 valence electrons. The molecule has 0 aliphatic carbocycles. The number of nitrogens with zero attached hydrogens (tertiary/aromatic N) is 4. The number of halogens is 2. The van der Waals surface area contributed by atoms with Crippen LogP contribution < -0.4 is 10.1 Å². The number of carbonyl (C=O) groups is 1. The Labute approximate surface area is 182 Å².